The van der Waals surface area contributed by atoms with Gasteiger partial charge in [0, 0.05) is 29.6 Å². The van der Waals surface area contributed by atoms with Gasteiger partial charge in [0.15, 0.2) is 17.3 Å². The van der Waals surface area contributed by atoms with Gasteiger partial charge in [0.05, 0.1) is 18.2 Å². The molecule has 1 aromatic carbocycles. The minimum absolute atomic E-state index is 0.0467. The first-order valence-corrected chi connectivity index (χ1v) is 12.7. The van der Waals surface area contributed by atoms with Crippen molar-refractivity contribution in [2.75, 3.05) is 13.4 Å². The average Bonchev–Trinajstić information content (AvgIpc) is 3.53. The van der Waals surface area contributed by atoms with Crippen LogP contribution in [0.1, 0.15) is 69.8 Å². The molecule has 1 fully saturated rings. The van der Waals surface area contributed by atoms with Gasteiger partial charge in [-0.15, -0.1) is 5.10 Å². The van der Waals surface area contributed by atoms with E-state index in [-0.39, 0.29) is 36.9 Å². The number of carbonyl (C=O) groups excluding carboxylic acids is 1. The Morgan fingerprint density at radius 3 is 2.72 bits per heavy atom. The Morgan fingerprint density at radius 2 is 1.97 bits per heavy atom. The summed E-state index contributed by atoms with van der Waals surface area (Å²) >= 11 is 0. The van der Waals surface area contributed by atoms with Gasteiger partial charge in [-0.2, -0.15) is 0 Å². The van der Waals surface area contributed by atoms with E-state index < -0.39 is 0 Å². The number of pyridine rings is 1. The molecule has 0 saturated heterocycles. The maximum atomic E-state index is 13.2. The number of aromatic amines is 1. The molecule has 3 aromatic rings. The van der Waals surface area contributed by atoms with Crippen LogP contribution in [0.3, 0.4) is 0 Å². The van der Waals surface area contributed by atoms with Crippen LogP contribution in [0.25, 0.3) is 10.9 Å². The first-order valence-electron chi connectivity index (χ1n) is 12.7. The molecule has 1 saturated carbocycles. The number of nitrogens with one attached hydrogen (secondary N) is 1. The van der Waals surface area contributed by atoms with Crippen molar-refractivity contribution in [1.82, 2.24) is 30.1 Å². The van der Waals surface area contributed by atoms with Crippen molar-refractivity contribution in [3.8, 4) is 11.5 Å². The number of nitrogens with zero attached hydrogens (tertiary/aromatic N) is 5. The quantitative estimate of drug-likeness (QED) is 0.445. The lowest BCUT2D eigenvalue weighted by atomic mass is 9.92. The van der Waals surface area contributed by atoms with Gasteiger partial charge < -0.3 is 19.2 Å². The molecule has 1 N–H and O–H groups in total. The van der Waals surface area contributed by atoms with Gasteiger partial charge in [0.1, 0.15) is 6.54 Å². The second-order valence-electron chi connectivity index (χ2n) is 9.30. The Bertz CT molecular complexity index is 1280. The van der Waals surface area contributed by atoms with E-state index in [1.807, 2.05) is 12.1 Å². The summed E-state index contributed by atoms with van der Waals surface area (Å²) in [6.07, 6.45) is 6.31. The fourth-order valence-electron chi connectivity index (χ4n) is 5.32. The van der Waals surface area contributed by atoms with Gasteiger partial charge in [0.25, 0.3) is 5.56 Å². The molecule has 3 heterocycles. The van der Waals surface area contributed by atoms with Gasteiger partial charge in [-0.25, -0.2) is 4.68 Å². The van der Waals surface area contributed by atoms with Crippen molar-refractivity contribution >= 4 is 16.9 Å². The lowest BCUT2D eigenvalue weighted by molar-refractivity contribution is -0.144. The number of fused-ring (bicyclic) bond motifs is 2. The van der Waals surface area contributed by atoms with Crippen molar-refractivity contribution in [1.29, 1.82) is 0 Å². The minimum Gasteiger partial charge on any atom is -0.465 e. The molecule has 2 aliphatic rings. The topological polar surface area (TPSA) is 124 Å². The minimum atomic E-state index is -0.380. The zero-order chi connectivity index (χ0) is 25.1. The Morgan fingerprint density at radius 1 is 1.19 bits per heavy atom. The van der Waals surface area contributed by atoms with Crippen molar-refractivity contribution in [3.05, 3.63) is 39.9 Å². The molecule has 2 aromatic heterocycles. The Labute approximate surface area is 208 Å². The highest BCUT2D eigenvalue weighted by atomic mass is 16.7. The number of hydrogen-bond acceptors (Lipinski definition) is 9. The third kappa shape index (κ3) is 4.92. The number of H-pyrrole nitrogens is 1. The number of benzene rings is 1. The first kappa shape index (κ1) is 24.2. The maximum absolute atomic E-state index is 13.2. The highest BCUT2D eigenvalue weighted by molar-refractivity contribution is 5.83. The highest BCUT2D eigenvalue weighted by Crippen LogP contribution is 2.36. The summed E-state index contributed by atoms with van der Waals surface area (Å²) < 4.78 is 17.6. The molecule has 1 unspecified atom stereocenters. The molecule has 0 radical (unpaired) electrons. The number of tetrazole rings is 1. The molecule has 1 aliphatic carbocycles. The summed E-state index contributed by atoms with van der Waals surface area (Å²) in [6.45, 7) is 4.72. The third-order valence-electron chi connectivity index (χ3n) is 7.04. The summed E-state index contributed by atoms with van der Waals surface area (Å²) in [4.78, 5) is 30.7. The first-order chi connectivity index (χ1) is 17.6. The van der Waals surface area contributed by atoms with Gasteiger partial charge in [0.2, 0.25) is 6.79 Å². The van der Waals surface area contributed by atoms with Crippen LogP contribution >= 0.6 is 0 Å². The van der Waals surface area contributed by atoms with Gasteiger partial charge >= 0.3 is 5.97 Å². The van der Waals surface area contributed by atoms with E-state index in [9.17, 15) is 9.59 Å². The van der Waals surface area contributed by atoms with E-state index in [1.54, 1.807) is 13.0 Å². The maximum Gasteiger partial charge on any atom is 0.327 e. The zero-order valence-electron chi connectivity index (χ0n) is 20.7. The Balaban J connectivity index is 1.49. The lowest BCUT2D eigenvalue weighted by Gasteiger charge is -2.39. The summed E-state index contributed by atoms with van der Waals surface area (Å²) in [5.41, 5.74) is 1.24. The number of esters is 1. The van der Waals surface area contributed by atoms with E-state index in [0.29, 0.717) is 41.6 Å². The van der Waals surface area contributed by atoms with Crippen molar-refractivity contribution in [2.45, 2.75) is 77.5 Å². The molecular weight excluding hydrogens is 464 g/mol. The molecule has 11 heteroatoms. The zero-order valence-corrected chi connectivity index (χ0v) is 20.7. The fraction of sp³-hybridized carbons (Fsp3) is 0.560. The Kier molecular flexibility index (Phi) is 7.17. The van der Waals surface area contributed by atoms with E-state index in [4.69, 9.17) is 14.2 Å². The monoisotopic (exact) mass is 496 g/mol. The van der Waals surface area contributed by atoms with Crippen LogP contribution in [0.5, 0.6) is 11.5 Å². The van der Waals surface area contributed by atoms with Crippen molar-refractivity contribution in [2.24, 2.45) is 0 Å². The SMILES string of the molecule is CCOC(=O)Cn1nnnc1C(CC)N(Cc1cc2cc3c(cc2[nH]c1=O)OCO3)C1CCCCC1. The molecule has 1 aliphatic heterocycles. The van der Waals surface area contributed by atoms with Gasteiger partial charge in [-0.1, -0.05) is 26.2 Å². The lowest BCUT2D eigenvalue weighted by Crippen LogP contribution is -2.41. The predicted octanol–water partition coefficient (Wildman–Crippen LogP) is 3.09. The van der Waals surface area contributed by atoms with Crippen LogP contribution in [0.2, 0.25) is 0 Å². The standard InChI is InChI=1S/C25H32N6O5/c1-3-20(24-27-28-29-31(24)14-23(32)34-4-2)30(18-8-6-5-7-9-18)13-17-10-16-11-21-22(36-15-35-21)12-19(16)26-25(17)33/h10-12,18,20H,3-9,13-15H2,1-2H3,(H,26,33). The number of hydrogen-bond donors (Lipinski definition) is 1. The van der Waals surface area contributed by atoms with Crippen LogP contribution < -0.4 is 15.0 Å². The molecular formula is C25H32N6O5. The van der Waals surface area contributed by atoms with Crippen LogP contribution in [0, 0.1) is 0 Å². The number of aromatic nitrogens is 5. The summed E-state index contributed by atoms with van der Waals surface area (Å²) in [5.74, 6) is 1.54. The summed E-state index contributed by atoms with van der Waals surface area (Å²) in [6, 6.07) is 5.76. The smallest absolute Gasteiger partial charge is 0.327 e. The molecule has 11 nitrogen and oxygen atoms in total. The molecule has 0 bridgehead atoms. The van der Waals surface area contributed by atoms with Crippen LogP contribution in [-0.2, 0) is 22.6 Å². The normalized spacial score (nSPS) is 16.5. The number of rotatable bonds is 9. The molecule has 0 spiro atoms. The number of carbonyl (C=O) groups is 1. The van der Waals surface area contributed by atoms with Crippen LogP contribution in [-0.4, -0.2) is 55.5 Å². The molecule has 5 rings (SSSR count). The van der Waals surface area contributed by atoms with Crippen LogP contribution in [0.15, 0.2) is 23.0 Å². The number of ether oxygens (including phenoxy) is 3. The van der Waals surface area contributed by atoms with Crippen molar-refractivity contribution in [3.63, 3.8) is 0 Å². The molecule has 192 valence electrons. The Hall–Kier alpha value is -3.47. The average molecular weight is 497 g/mol. The van der Waals surface area contributed by atoms with E-state index in [2.05, 4.69) is 32.3 Å². The van der Waals surface area contributed by atoms with E-state index in [1.165, 1.54) is 11.1 Å². The summed E-state index contributed by atoms with van der Waals surface area (Å²) in [5, 5.41) is 13.1. The van der Waals surface area contributed by atoms with Gasteiger partial charge in [-0.3, -0.25) is 14.5 Å². The highest BCUT2D eigenvalue weighted by Gasteiger charge is 2.32. The fourth-order valence-corrected chi connectivity index (χ4v) is 5.32. The van der Waals surface area contributed by atoms with Crippen molar-refractivity contribution < 1.29 is 19.0 Å². The third-order valence-corrected chi connectivity index (χ3v) is 7.04. The largest absolute Gasteiger partial charge is 0.465 e. The second-order valence-corrected chi connectivity index (χ2v) is 9.30. The second kappa shape index (κ2) is 10.7. The molecule has 0 amide bonds. The molecule has 1 atom stereocenters. The van der Waals surface area contributed by atoms with E-state index >= 15 is 0 Å². The van der Waals surface area contributed by atoms with E-state index in [0.717, 1.165) is 37.5 Å². The summed E-state index contributed by atoms with van der Waals surface area (Å²) in [7, 11) is 0. The van der Waals surface area contributed by atoms with Crippen LogP contribution in [0.4, 0.5) is 0 Å². The van der Waals surface area contributed by atoms with Gasteiger partial charge in [-0.05, 0) is 48.7 Å². The molecule has 36 heavy (non-hydrogen) atoms. The predicted molar refractivity (Wildman–Crippen MR) is 131 cm³/mol.